The fraction of sp³-hybridized carbons (Fsp3) is 0.571. The highest BCUT2D eigenvalue weighted by molar-refractivity contribution is 7.89. The molecule has 2 aliphatic rings. The summed E-state index contributed by atoms with van der Waals surface area (Å²) in [6.45, 7) is 4.44. The maximum absolute atomic E-state index is 13.0. The first kappa shape index (κ1) is 23.2. The topological polar surface area (TPSA) is 116 Å². The SMILES string of the molecule is CC(C)CC1NC(=O)N(CC(=O)Nc2cccc(S(=O)(=O)N3CCCCCC3)c2)C1=O. The summed E-state index contributed by atoms with van der Waals surface area (Å²) in [6.07, 6.45) is 4.20. The number of carbonyl (C=O) groups excluding carboxylic acids is 3. The molecule has 0 radical (unpaired) electrons. The summed E-state index contributed by atoms with van der Waals surface area (Å²) in [5.74, 6) is -0.777. The zero-order chi connectivity index (χ0) is 22.6. The number of nitrogens with one attached hydrogen (secondary N) is 2. The van der Waals surface area contributed by atoms with Gasteiger partial charge in [-0.1, -0.05) is 32.8 Å². The molecule has 1 aromatic rings. The number of carbonyl (C=O) groups is 3. The standard InChI is InChI=1S/C21H30N4O5S/c1-15(2)12-18-20(27)25(21(28)23-18)14-19(26)22-16-8-7-9-17(13-16)31(29,30)24-10-5-3-4-6-11-24/h7-9,13,15,18H,3-6,10-12,14H2,1-2H3,(H,22,26)(H,23,28). The number of amides is 4. The average molecular weight is 451 g/mol. The Kier molecular flexibility index (Phi) is 7.32. The molecular formula is C21H30N4O5S. The Morgan fingerprint density at radius 3 is 2.48 bits per heavy atom. The molecule has 1 unspecified atom stereocenters. The number of sulfonamides is 1. The molecule has 10 heteroatoms. The van der Waals surface area contributed by atoms with Crippen molar-refractivity contribution in [2.75, 3.05) is 25.0 Å². The van der Waals surface area contributed by atoms with Gasteiger partial charge in [0.2, 0.25) is 15.9 Å². The van der Waals surface area contributed by atoms with Crippen LogP contribution in [0.2, 0.25) is 0 Å². The van der Waals surface area contributed by atoms with Gasteiger partial charge in [0.25, 0.3) is 5.91 Å². The monoisotopic (exact) mass is 450 g/mol. The molecule has 2 N–H and O–H groups in total. The van der Waals surface area contributed by atoms with Gasteiger partial charge < -0.3 is 10.6 Å². The maximum atomic E-state index is 13.0. The van der Waals surface area contributed by atoms with Crippen molar-refractivity contribution in [3.05, 3.63) is 24.3 Å². The third-order valence-electron chi connectivity index (χ3n) is 5.44. The van der Waals surface area contributed by atoms with E-state index in [0.717, 1.165) is 30.6 Å². The second-order valence-corrected chi connectivity index (χ2v) is 10.4. The zero-order valence-electron chi connectivity index (χ0n) is 18.0. The molecule has 0 saturated carbocycles. The van der Waals surface area contributed by atoms with Gasteiger partial charge in [-0.3, -0.25) is 14.5 Å². The third-order valence-corrected chi connectivity index (χ3v) is 7.33. The number of hydrogen-bond donors (Lipinski definition) is 2. The minimum Gasteiger partial charge on any atom is -0.326 e. The highest BCUT2D eigenvalue weighted by Crippen LogP contribution is 2.23. The van der Waals surface area contributed by atoms with E-state index in [0.29, 0.717) is 25.2 Å². The van der Waals surface area contributed by atoms with E-state index in [4.69, 9.17) is 0 Å². The van der Waals surface area contributed by atoms with E-state index in [1.807, 2.05) is 13.8 Å². The van der Waals surface area contributed by atoms with Crippen molar-refractivity contribution in [3.8, 4) is 0 Å². The van der Waals surface area contributed by atoms with Crippen molar-refractivity contribution >= 4 is 33.6 Å². The second kappa shape index (κ2) is 9.78. The van der Waals surface area contributed by atoms with Gasteiger partial charge in [-0.05, 0) is 43.4 Å². The molecule has 0 spiro atoms. The summed E-state index contributed by atoms with van der Waals surface area (Å²) in [7, 11) is -3.65. The minimum absolute atomic E-state index is 0.110. The van der Waals surface area contributed by atoms with Crippen LogP contribution in [0.1, 0.15) is 46.0 Å². The van der Waals surface area contributed by atoms with Crippen molar-refractivity contribution in [1.82, 2.24) is 14.5 Å². The van der Waals surface area contributed by atoms with Gasteiger partial charge in [-0.25, -0.2) is 13.2 Å². The predicted molar refractivity (Wildman–Crippen MR) is 116 cm³/mol. The molecular weight excluding hydrogens is 420 g/mol. The van der Waals surface area contributed by atoms with Crippen LogP contribution in [-0.2, 0) is 19.6 Å². The van der Waals surface area contributed by atoms with Gasteiger partial charge >= 0.3 is 6.03 Å². The van der Waals surface area contributed by atoms with E-state index < -0.39 is 40.5 Å². The fourth-order valence-electron chi connectivity index (χ4n) is 3.87. The lowest BCUT2D eigenvalue weighted by molar-refractivity contribution is -0.131. The molecule has 9 nitrogen and oxygen atoms in total. The largest absolute Gasteiger partial charge is 0.326 e. The molecule has 4 amide bonds. The lowest BCUT2D eigenvalue weighted by Gasteiger charge is -2.20. The molecule has 0 bridgehead atoms. The lowest BCUT2D eigenvalue weighted by Crippen LogP contribution is -2.38. The summed E-state index contributed by atoms with van der Waals surface area (Å²) in [5.41, 5.74) is 0.298. The quantitative estimate of drug-likeness (QED) is 0.618. The maximum Gasteiger partial charge on any atom is 0.325 e. The lowest BCUT2D eigenvalue weighted by atomic mass is 10.0. The number of urea groups is 1. The van der Waals surface area contributed by atoms with Gasteiger partial charge in [-0.15, -0.1) is 0 Å². The van der Waals surface area contributed by atoms with Gasteiger partial charge in [0.05, 0.1) is 4.90 Å². The van der Waals surface area contributed by atoms with Crippen LogP contribution in [-0.4, -0.2) is 61.1 Å². The summed E-state index contributed by atoms with van der Waals surface area (Å²) < 4.78 is 27.4. The van der Waals surface area contributed by atoms with E-state index in [-0.39, 0.29) is 10.8 Å². The zero-order valence-corrected chi connectivity index (χ0v) is 18.8. The molecule has 0 aromatic heterocycles. The first-order valence-electron chi connectivity index (χ1n) is 10.7. The Morgan fingerprint density at radius 1 is 1.16 bits per heavy atom. The van der Waals surface area contributed by atoms with E-state index in [9.17, 15) is 22.8 Å². The van der Waals surface area contributed by atoms with Crippen LogP contribution >= 0.6 is 0 Å². The highest BCUT2D eigenvalue weighted by atomic mass is 32.2. The van der Waals surface area contributed by atoms with Crippen LogP contribution in [0.4, 0.5) is 10.5 Å². The predicted octanol–water partition coefficient (Wildman–Crippen LogP) is 2.16. The van der Waals surface area contributed by atoms with Gasteiger partial charge in [-0.2, -0.15) is 4.31 Å². The molecule has 2 fully saturated rings. The number of imide groups is 1. The van der Waals surface area contributed by atoms with E-state index in [1.54, 1.807) is 12.1 Å². The second-order valence-electron chi connectivity index (χ2n) is 8.45. The van der Waals surface area contributed by atoms with Crippen molar-refractivity contribution < 1.29 is 22.8 Å². The Labute approximate surface area is 183 Å². The summed E-state index contributed by atoms with van der Waals surface area (Å²) >= 11 is 0. The Hall–Kier alpha value is -2.46. The first-order valence-corrected chi connectivity index (χ1v) is 12.1. The summed E-state index contributed by atoms with van der Waals surface area (Å²) in [4.78, 5) is 37.9. The Balaban J connectivity index is 1.66. The smallest absolute Gasteiger partial charge is 0.325 e. The van der Waals surface area contributed by atoms with E-state index in [1.165, 1.54) is 16.4 Å². The average Bonchev–Trinajstić information content (AvgIpc) is 2.91. The molecule has 2 aliphatic heterocycles. The van der Waals surface area contributed by atoms with Crippen LogP contribution in [0.5, 0.6) is 0 Å². The molecule has 2 heterocycles. The number of rotatable bonds is 7. The van der Waals surface area contributed by atoms with Crippen molar-refractivity contribution in [2.45, 2.75) is 56.9 Å². The van der Waals surface area contributed by atoms with Crippen molar-refractivity contribution in [2.24, 2.45) is 5.92 Å². The van der Waals surface area contributed by atoms with Gasteiger partial charge in [0, 0.05) is 18.8 Å². The van der Waals surface area contributed by atoms with E-state index in [2.05, 4.69) is 10.6 Å². The van der Waals surface area contributed by atoms with Crippen LogP contribution in [0.3, 0.4) is 0 Å². The molecule has 2 saturated heterocycles. The number of hydrogen-bond acceptors (Lipinski definition) is 5. The normalized spacial score (nSPS) is 20.6. The fourth-order valence-corrected chi connectivity index (χ4v) is 5.43. The molecule has 0 aliphatic carbocycles. The van der Waals surface area contributed by atoms with Gasteiger partial charge in [0.15, 0.2) is 0 Å². The van der Waals surface area contributed by atoms with Crippen LogP contribution in [0.25, 0.3) is 0 Å². The number of benzene rings is 1. The Morgan fingerprint density at radius 2 is 1.84 bits per heavy atom. The number of nitrogens with zero attached hydrogens (tertiary/aromatic N) is 2. The number of anilines is 1. The molecule has 1 aromatic carbocycles. The van der Waals surface area contributed by atoms with Crippen molar-refractivity contribution in [3.63, 3.8) is 0 Å². The minimum atomic E-state index is -3.65. The van der Waals surface area contributed by atoms with Crippen LogP contribution in [0, 0.1) is 5.92 Å². The Bertz CT molecular complexity index is 939. The van der Waals surface area contributed by atoms with Crippen LogP contribution in [0.15, 0.2) is 29.2 Å². The van der Waals surface area contributed by atoms with Crippen LogP contribution < -0.4 is 10.6 Å². The first-order chi connectivity index (χ1) is 14.7. The molecule has 1 atom stereocenters. The van der Waals surface area contributed by atoms with Crippen molar-refractivity contribution in [1.29, 1.82) is 0 Å². The summed E-state index contributed by atoms with van der Waals surface area (Å²) in [5, 5.41) is 5.19. The third kappa shape index (κ3) is 5.62. The van der Waals surface area contributed by atoms with E-state index >= 15 is 0 Å². The highest BCUT2D eigenvalue weighted by Gasteiger charge is 2.39. The molecule has 170 valence electrons. The molecule has 3 rings (SSSR count). The molecule has 31 heavy (non-hydrogen) atoms. The van der Waals surface area contributed by atoms with Gasteiger partial charge in [0.1, 0.15) is 12.6 Å². The summed E-state index contributed by atoms with van der Waals surface area (Å²) in [6, 6.07) is 4.83.